The Labute approximate surface area is 152 Å². The predicted molar refractivity (Wildman–Crippen MR) is 103 cm³/mol. The molecule has 6 heteroatoms. The van der Waals surface area contributed by atoms with Gasteiger partial charge in [0.1, 0.15) is 0 Å². The van der Waals surface area contributed by atoms with Crippen LogP contribution in [0.5, 0.6) is 0 Å². The smallest absolute Gasteiger partial charge is 0.191 e. The van der Waals surface area contributed by atoms with Crippen molar-refractivity contribution in [3.63, 3.8) is 0 Å². The van der Waals surface area contributed by atoms with Gasteiger partial charge in [-0.25, -0.2) is 0 Å². The van der Waals surface area contributed by atoms with Crippen molar-refractivity contribution in [1.29, 1.82) is 0 Å². The quantitative estimate of drug-likeness (QED) is 0.531. The summed E-state index contributed by atoms with van der Waals surface area (Å²) in [4.78, 5) is 4.37. The van der Waals surface area contributed by atoms with Gasteiger partial charge >= 0.3 is 0 Å². The molecule has 1 aliphatic rings. The van der Waals surface area contributed by atoms with Crippen molar-refractivity contribution < 1.29 is 4.74 Å². The van der Waals surface area contributed by atoms with Crippen molar-refractivity contribution in [2.24, 2.45) is 16.3 Å². The molecule has 1 atom stereocenters. The van der Waals surface area contributed by atoms with E-state index < -0.39 is 0 Å². The summed E-state index contributed by atoms with van der Waals surface area (Å²) in [6.07, 6.45) is 5.03. The second kappa shape index (κ2) is 9.22. The molecule has 1 unspecified atom stereocenters. The van der Waals surface area contributed by atoms with Gasteiger partial charge in [-0.15, -0.1) is 0 Å². The highest BCUT2D eigenvalue weighted by Gasteiger charge is 2.36. The summed E-state index contributed by atoms with van der Waals surface area (Å²) in [5.74, 6) is 1.37. The minimum atomic E-state index is 0.392. The lowest BCUT2D eigenvalue weighted by atomic mass is 9.67. The number of ether oxygens (including phenoxy) is 1. The topological polar surface area (TPSA) is 63.5 Å². The van der Waals surface area contributed by atoms with E-state index in [2.05, 4.69) is 45.3 Å². The number of nitrogens with one attached hydrogen (secondary N) is 2. The standard InChI is InChI=1S/C19H35N5O/c1-15(13-24-17(3)11-16(2)23-24)12-21-18(20-4)22-14-19(7-6-8-19)9-10-25-5/h11,15H,6-10,12-14H2,1-5H3,(H2,20,21,22). The molecule has 25 heavy (non-hydrogen) atoms. The predicted octanol–water partition coefficient (Wildman–Crippen LogP) is 2.51. The van der Waals surface area contributed by atoms with Gasteiger partial charge in [-0.05, 0) is 50.5 Å². The maximum atomic E-state index is 5.27. The van der Waals surface area contributed by atoms with E-state index in [4.69, 9.17) is 4.74 Å². The first-order chi connectivity index (χ1) is 12.0. The number of nitrogens with zero attached hydrogens (tertiary/aromatic N) is 3. The number of methoxy groups -OCH3 is 1. The summed E-state index contributed by atoms with van der Waals surface area (Å²) in [6, 6.07) is 2.12. The van der Waals surface area contributed by atoms with Gasteiger partial charge in [0.2, 0.25) is 0 Å². The number of hydrogen-bond donors (Lipinski definition) is 2. The van der Waals surface area contributed by atoms with E-state index in [9.17, 15) is 0 Å². The largest absolute Gasteiger partial charge is 0.385 e. The van der Waals surface area contributed by atoms with Crippen LogP contribution in [-0.2, 0) is 11.3 Å². The maximum Gasteiger partial charge on any atom is 0.191 e. The van der Waals surface area contributed by atoms with Gasteiger partial charge in [-0.2, -0.15) is 5.10 Å². The van der Waals surface area contributed by atoms with Crippen molar-refractivity contribution in [1.82, 2.24) is 20.4 Å². The summed E-state index contributed by atoms with van der Waals surface area (Å²) in [5.41, 5.74) is 2.69. The molecule has 6 nitrogen and oxygen atoms in total. The minimum absolute atomic E-state index is 0.392. The summed E-state index contributed by atoms with van der Waals surface area (Å²) in [5, 5.41) is 11.5. The molecule has 1 fully saturated rings. The fraction of sp³-hybridized carbons (Fsp3) is 0.789. The number of guanidine groups is 1. The van der Waals surface area contributed by atoms with E-state index >= 15 is 0 Å². The van der Waals surface area contributed by atoms with Gasteiger partial charge in [-0.1, -0.05) is 13.3 Å². The molecule has 0 aliphatic heterocycles. The molecule has 1 aromatic rings. The highest BCUT2D eigenvalue weighted by molar-refractivity contribution is 5.79. The summed E-state index contributed by atoms with van der Waals surface area (Å²) >= 11 is 0. The fourth-order valence-corrected chi connectivity index (χ4v) is 3.49. The van der Waals surface area contributed by atoms with Crippen LogP contribution >= 0.6 is 0 Å². The van der Waals surface area contributed by atoms with Gasteiger partial charge < -0.3 is 15.4 Å². The minimum Gasteiger partial charge on any atom is -0.385 e. The Hall–Kier alpha value is -1.56. The summed E-state index contributed by atoms with van der Waals surface area (Å²) in [7, 11) is 3.62. The number of rotatable bonds is 9. The van der Waals surface area contributed by atoms with Gasteiger partial charge in [-0.3, -0.25) is 9.67 Å². The number of hydrogen-bond acceptors (Lipinski definition) is 3. The molecule has 1 heterocycles. The average molecular weight is 350 g/mol. The summed E-state index contributed by atoms with van der Waals surface area (Å²) < 4.78 is 7.36. The Balaban J connectivity index is 1.75. The zero-order valence-electron chi connectivity index (χ0n) is 16.6. The molecule has 1 aliphatic carbocycles. The van der Waals surface area contributed by atoms with Crippen molar-refractivity contribution in [3.8, 4) is 0 Å². The molecule has 142 valence electrons. The fourth-order valence-electron chi connectivity index (χ4n) is 3.49. The van der Waals surface area contributed by atoms with E-state index in [1.54, 1.807) is 7.11 Å². The first-order valence-electron chi connectivity index (χ1n) is 9.42. The number of aryl methyl sites for hydroxylation is 2. The molecule has 2 rings (SSSR count). The molecular weight excluding hydrogens is 314 g/mol. The Morgan fingerprint density at radius 1 is 1.40 bits per heavy atom. The van der Waals surface area contributed by atoms with Crippen LogP contribution in [0.15, 0.2) is 11.1 Å². The third-order valence-corrected chi connectivity index (χ3v) is 5.31. The van der Waals surface area contributed by atoms with E-state index in [1.165, 1.54) is 25.0 Å². The Bertz CT molecular complexity index is 562. The molecule has 2 N–H and O–H groups in total. The van der Waals surface area contributed by atoms with Crippen LogP contribution < -0.4 is 10.6 Å². The van der Waals surface area contributed by atoms with Crippen LogP contribution in [0.1, 0.15) is 44.0 Å². The first-order valence-corrected chi connectivity index (χ1v) is 9.42. The second-order valence-corrected chi connectivity index (χ2v) is 7.62. The second-order valence-electron chi connectivity index (χ2n) is 7.62. The van der Waals surface area contributed by atoms with Crippen LogP contribution in [0.25, 0.3) is 0 Å². The van der Waals surface area contributed by atoms with Crippen LogP contribution in [0.2, 0.25) is 0 Å². The van der Waals surface area contributed by atoms with Gasteiger partial charge in [0.25, 0.3) is 0 Å². The normalized spacial score (nSPS) is 17.9. The first kappa shape index (κ1) is 19.8. The van der Waals surface area contributed by atoms with E-state index in [-0.39, 0.29) is 0 Å². The third kappa shape index (κ3) is 5.73. The van der Waals surface area contributed by atoms with Crippen LogP contribution in [0.4, 0.5) is 0 Å². The average Bonchev–Trinajstić information content (AvgIpc) is 2.86. The Morgan fingerprint density at radius 3 is 2.68 bits per heavy atom. The zero-order chi connectivity index (χ0) is 18.3. The van der Waals surface area contributed by atoms with E-state index in [0.29, 0.717) is 11.3 Å². The van der Waals surface area contributed by atoms with Gasteiger partial charge in [0, 0.05) is 46.1 Å². The molecule has 0 saturated heterocycles. The van der Waals surface area contributed by atoms with Crippen molar-refractivity contribution in [2.45, 2.75) is 53.0 Å². The highest BCUT2D eigenvalue weighted by atomic mass is 16.5. The van der Waals surface area contributed by atoms with Crippen LogP contribution in [0.3, 0.4) is 0 Å². The van der Waals surface area contributed by atoms with Crippen molar-refractivity contribution in [3.05, 3.63) is 17.5 Å². The lowest BCUT2D eigenvalue weighted by Gasteiger charge is -2.42. The van der Waals surface area contributed by atoms with Crippen LogP contribution in [0, 0.1) is 25.2 Å². The SMILES string of the molecule is CN=C(NCC(C)Cn1nc(C)cc1C)NCC1(CCOC)CCC1. The molecule has 0 bridgehead atoms. The highest BCUT2D eigenvalue weighted by Crippen LogP contribution is 2.43. The maximum absolute atomic E-state index is 5.27. The molecule has 0 spiro atoms. The molecular formula is C19H35N5O. The lowest BCUT2D eigenvalue weighted by Crippen LogP contribution is -2.47. The molecule has 1 aromatic heterocycles. The lowest BCUT2D eigenvalue weighted by molar-refractivity contribution is 0.0732. The van der Waals surface area contributed by atoms with Crippen LogP contribution in [-0.4, -0.2) is 49.6 Å². The van der Waals surface area contributed by atoms with Gasteiger partial charge in [0.05, 0.1) is 5.69 Å². The Kier molecular flexibility index (Phi) is 7.29. The Morgan fingerprint density at radius 2 is 2.16 bits per heavy atom. The van der Waals surface area contributed by atoms with Gasteiger partial charge in [0.15, 0.2) is 5.96 Å². The third-order valence-electron chi connectivity index (χ3n) is 5.31. The molecule has 0 radical (unpaired) electrons. The van der Waals surface area contributed by atoms with E-state index in [0.717, 1.165) is 44.3 Å². The monoisotopic (exact) mass is 349 g/mol. The number of aromatic nitrogens is 2. The van der Waals surface area contributed by atoms with E-state index in [1.807, 2.05) is 14.0 Å². The summed E-state index contributed by atoms with van der Waals surface area (Å²) in [6.45, 7) is 10.00. The molecule has 1 saturated carbocycles. The van der Waals surface area contributed by atoms with Crippen molar-refractivity contribution >= 4 is 5.96 Å². The zero-order valence-corrected chi connectivity index (χ0v) is 16.6. The molecule has 0 amide bonds. The van der Waals surface area contributed by atoms with Crippen molar-refractivity contribution in [2.75, 3.05) is 33.9 Å². The number of aliphatic imine (C=N–C) groups is 1. The molecule has 0 aromatic carbocycles.